The number of hydrogen-bond donors (Lipinski definition) is 1. The first-order valence-corrected chi connectivity index (χ1v) is 6.03. The lowest BCUT2D eigenvalue weighted by atomic mass is 10.3. The monoisotopic (exact) mass is 270 g/mol. The van der Waals surface area contributed by atoms with E-state index in [-0.39, 0.29) is 0 Å². The number of nitrogens with zero attached hydrogens (tertiary/aromatic N) is 3. The van der Waals surface area contributed by atoms with Crippen LogP contribution in [0.4, 0.5) is 11.8 Å². The topological polar surface area (TPSA) is 55.0 Å². The maximum Gasteiger partial charge on any atom is 0.222 e. The maximum atomic E-state index is 5.60. The van der Waals surface area contributed by atoms with Crippen LogP contribution in [0.1, 0.15) is 19.8 Å². The number of anilines is 2. The molecule has 1 aliphatic rings. The molecule has 0 bridgehead atoms. The third-order valence-electron chi connectivity index (χ3n) is 2.60. The summed E-state index contributed by atoms with van der Waals surface area (Å²) in [5, 5.41) is 0. The van der Waals surface area contributed by atoms with Crippen LogP contribution in [0, 0.1) is 5.92 Å². The number of aromatic nitrogens is 2. The normalized spacial score (nSPS) is 15.3. The smallest absolute Gasteiger partial charge is 0.222 e. The molecule has 0 amide bonds. The van der Waals surface area contributed by atoms with Gasteiger partial charge in [0.15, 0.2) is 0 Å². The standard InChI is InChI=1S/C10H15BrN4/c1-2-15(6-7-3-4-7)9-8(11)5-13-10(12)14-9/h5,7H,2-4,6H2,1H3,(H2,12,13,14). The van der Waals surface area contributed by atoms with Gasteiger partial charge >= 0.3 is 0 Å². The van der Waals surface area contributed by atoms with Gasteiger partial charge < -0.3 is 10.6 Å². The molecule has 0 spiro atoms. The quantitative estimate of drug-likeness (QED) is 0.910. The van der Waals surface area contributed by atoms with E-state index >= 15 is 0 Å². The second-order valence-corrected chi connectivity index (χ2v) is 4.74. The predicted octanol–water partition coefficient (Wildman–Crippen LogP) is 2.06. The summed E-state index contributed by atoms with van der Waals surface area (Å²) in [6.07, 6.45) is 4.40. The summed E-state index contributed by atoms with van der Waals surface area (Å²) in [7, 11) is 0. The Labute approximate surface area is 98.0 Å². The van der Waals surface area contributed by atoms with Gasteiger partial charge in [0.1, 0.15) is 5.82 Å². The fourth-order valence-electron chi connectivity index (χ4n) is 1.57. The molecule has 1 aromatic heterocycles. The van der Waals surface area contributed by atoms with Crippen molar-refractivity contribution < 1.29 is 0 Å². The second-order valence-electron chi connectivity index (χ2n) is 3.88. The van der Waals surface area contributed by atoms with Gasteiger partial charge in [0.05, 0.1) is 4.47 Å². The van der Waals surface area contributed by atoms with Crippen LogP contribution in [0.2, 0.25) is 0 Å². The molecule has 1 fully saturated rings. The molecule has 2 rings (SSSR count). The van der Waals surface area contributed by atoms with Crippen molar-refractivity contribution in [2.75, 3.05) is 23.7 Å². The summed E-state index contributed by atoms with van der Waals surface area (Å²) in [6.45, 7) is 4.16. The number of hydrogen-bond acceptors (Lipinski definition) is 4. The highest BCUT2D eigenvalue weighted by atomic mass is 79.9. The van der Waals surface area contributed by atoms with Crippen LogP contribution in [-0.2, 0) is 0 Å². The predicted molar refractivity (Wildman–Crippen MR) is 64.8 cm³/mol. The average Bonchev–Trinajstić information content (AvgIpc) is 3.02. The molecule has 0 aliphatic heterocycles. The summed E-state index contributed by atoms with van der Waals surface area (Å²) < 4.78 is 0.916. The van der Waals surface area contributed by atoms with E-state index in [4.69, 9.17) is 5.73 Å². The van der Waals surface area contributed by atoms with Crippen molar-refractivity contribution >= 4 is 27.7 Å². The van der Waals surface area contributed by atoms with E-state index < -0.39 is 0 Å². The van der Waals surface area contributed by atoms with E-state index in [2.05, 4.69) is 37.7 Å². The molecule has 2 N–H and O–H groups in total. The molecule has 1 saturated carbocycles. The van der Waals surface area contributed by atoms with E-state index in [0.717, 1.165) is 29.3 Å². The minimum atomic E-state index is 0.336. The lowest BCUT2D eigenvalue weighted by molar-refractivity contribution is 0.729. The van der Waals surface area contributed by atoms with Crippen molar-refractivity contribution in [2.45, 2.75) is 19.8 Å². The summed E-state index contributed by atoms with van der Waals surface area (Å²) in [4.78, 5) is 10.5. The molecule has 82 valence electrons. The number of nitrogens with two attached hydrogens (primary N) is 1. The lowest BCUT2D eigenvalue weighted by Gasteiger charge is -2.22. The third-order valence-corrected chi connectivity index (χ3v) is 3.16. The largest absolute Gasteiger partial charge is 0.368 e. The van der Waals surface area contributed by atoms with Gasteiger partial charge in [0.25, 0.3) is 0 Å². The average molecular weight is 271 g/mol. The highest BCUT2D eigenvalue weighted by Gasteiger charge is 2.25. The van der Waals surface area contributed by atoms with E-state index in [9.17, 15) is 0 Å². The fourth-order valence-corrected chi connectivity index (χ4v) is 2.01. The van der Waals surface area contributed by atoms with Crippen LogP contribution >= 0.6 is 15.9 Å². The van der Waals surface area contributed by atoms with Gasteiger partial charge in [-0.25, -0.2) is 4.98 Å². The van der Waals surface area contributed by atoms with Crippen molar-refractivity contribution in [3.63, 3.8) is 0 Å². The molecule has 1 heterocycles. The van der Waals surface area contributed by atoms with Crippen LogP contribution in [-0.4, -0.2) is 23.1 Å². The highest BCUT2D eigenvalue weighted by molar-refractivity contribution is 9.10. The third kappa shape index (κ3) is 2.59. The Bertz CT molecular complexity index is 351. The van der Waals surface area contributed by atoms with Gasteiger partial charge in [-0.05, 0) is 41.6 Å². The Kier molecular flexibility index (Phi) is 3.09. The lowest BCUT2D eigenvalue weighted by Crippen LogP contribution is -2.27. The van der Waals surface area contributed by atoms with Crippen LogP contribution < -0.4 is 10.6 Å². The molecule has 5 heteroatoms. The molecule has 1 aliphatic carbocycles. The van der Waals surface area contributed by atoms with E-state index in [1.54, 1.807) is 6.20 Å². The molecule has 0 aromatic carbocycles. The van der Waals surface area contributed by atoms with Crippen LogP contribution in [0.15, 0.2) is 10.7 Å². The SMILES string of the molecule is CCN(CC1CC1)c1nc(N)ncc1Br. The minimum Gasteiger partial charge on any atom is -0.368 e. The Balaban J connectivity index is 2.19. The second kappa shape index (κ2) is 4.35. The number of nitrogen functional groups attached to an aromatic ring is 1. The molecule has 0 unspecified atom stereocenters. The Morgan fingerprint density at radius 2 is 2.33 bits per heavy atom. The molecule has 1 aromatic rings. The van der Waals surface area contributed by atoms with E-state index in [1.807, 2.05) is 0 Å². The number of halogens is 1. The van der Waals surface area contributed by atoms with E-state index in [1.165, 1.54) is 12.8 Å². The molecule has 0 atom stereocenters. The molecular formula is C10H15BrN4. The summed E-state index contributed by atoms with van der Waals surface area (Å²) in [5.41, 5.74) is 5.60. The van der Waals surface area contributed by atoms with Crippen molar-refractivity contribution in [1.82, 2.24) is 9.97 Å². The maximum absolute atomic E-state index is 5.60. The zero-order valence-electron chi connectivity index (χ0n) is 8.78. The Morgan fingerprint density at radius 1 is 1.60 bits per heavy atom. The minimum absolute atomic E-state index is 0.336. The first-order chi connectivity index (χ1) is 7.20. The first kappa shape index (κ1) is 10.7. The van der Waals surface area contributed by atoms with Gasteiger partial charge in [-0.1, -0.05) is 0 Å². The Hall–Kier alpha value is -0.840. The van der Waals surface area contributed by atoms with Gasteiger partial charge in [-0.3, -0.25) is 0 Å². The number of rotatable bonds is 4. The molecule has 15 heavy (non-hydrogen) atoms. The van der Waals surface area contributed by atoms with Crippen molar-refractivity contribution in [3.8, 4) is 0 Å². The van der Waals surface area contributed by atoms with Gasteiger partial charge in [0, 0.05) is 19.3 Å². The zero-order valence-corrected chi connectivity index (χ0v) is 10.4. The molecule has 0 radical (unpaired) electrons. The first-order valence-electron chi connectivity index (χ1n) is 5.23. The van der Waals surface area contributed by atoms with Gasteiger partial charge in [-0.15, -0.1) is 0 Å². The van der Waals surface area contributed by atoms with Crippen molar-refractivity contribution in [2.24, 2.45) is 5.92 Å². The summed E-state index contributed by atoms with van der Waals surface area (Å²) in [5.74, 6) is 2.09. The molecular weight excluding hydrogens is 256 g/mol. The highest BCUT2D eigenvalue weighted by Crippen LogP contribution is 2.32. The Morgan fingerprint density at radius 3 is 2.93 bits per heavy atom. The fraction of sp³-hybridized carbons (Fsp3) is 0.600. The van der Waals surface area contributed by atoms with E-state index in [0.29, 0.717) is 5.95 Å². The molecule has 0 saturated heterocycles. The van der Waals surface area contributed by atoms with Gasteiger partial charge in [0.2, 0.25) is 5.95 Å². The van der Waals surface area contributed by atoms with Crippen LogP contribution in [0.5, 0.6) is 0 Å². The van der Waals surface area contributed by atoms with Crippen LogP contribution in [0.25, 0.3) is 0 Å². The van der Waals surface area contributed by atoms with Crippen LogP contribution in [0.3, 0.4) is 0 Å². The summed E-state index contributed by atoms with van der Waals surface area (Å²) in [6, 6.07) is 0. The van der Waals surface area contributed by atoms with Gasteiger partial charge in [-0.2, -0.15) is 4.98 Å². The zero-order chi connectivity index (χ0) is 10.8. The van der Waals surface area contributed by atoms with Crippen molar-refractivity contribution in [3.05, 3.63) is 10.7 Å². The van der Waals surface area contributed by atoms with Crippen molar-refractivity contribution in [1.29, 1.82) is 0 Å². The summed E-state index contributed by atoms with van der Waals surface area (Å²) >= 11 is 3.46. The molecule has 4 nitrogen and oxygen atoms in total.